The molecule has 196 valence electrons. The molecule has 0 aliphatic heterocycles. The van der Waals surface area contributed by atoms with Crippen LogP contribution in [0.3, 0.4) is 0 Å². The number of rotatable bonds is 12. The molecule has 3 N–H and O–H groups in total. The maximum atomic E-state index is 12.6. The number of unbranched alkanes of at least 4 members (excludes halogenated alkanes) is 4. The summed E-state index contributed by atoms with van der Waals surface area (Å²) in [5.41, 5.74) is 1.05. The van der Waals surface area contributed by atoms with E-state index in [0.717, 1.165) is 50.7 Å². The van der Waals surface area contributed by atoms with E-state index in [1.165, 1.54) is 31.4 Å². The molecule has 0 atom stereocenters. The predicted octanol–water partition coefficient (Wildman–Crippen LogP) is 5.77. The van der Waals surface area contributed by atoms with Crippen molar-refractivity contribution in [1.29, 1.82) is 0 Å². The predicted molar refractivity (Wildman–Crippen MR) is 148 cm³/mol. The Balaban J connectivity index is 1.44. The molecular formula is C27H37N3O4S2. The molecule has 9 heteroatoms. The van der Waals surface area contributed by atoms with E-state index in [9.17, 15) is 13.2 Å². The van der Waals surface area contributed by atoms with Crippen LogP contribution in [0.2, 0.25) is 0 Å². The molecule has 2 aromatic carbocycles. The third-order valence-electron chi connectivity index (χ3n) is 6.21. The number of hydrogen-bond acceptors (Lipinski definition) is 5. The van der Waals surface area contributed by atoms with Gasteiger partial charge in [0, 0.05) is 17.3 Å². The van der Waals surface area contributed by atoms with E-state index in [0.29, 0.717) is 17.9 Å². The molecule has 1 saturated carbocycles. The van der Waals surface area contributed by atoms with E-state index in [2.05, 4.69) is 22.3 Å². The van der Waals surface area contributed by atoms with Crippen molar-refractivity contribution >= 4 is 38.9 Å². The Bertz CT molecular complexity index is 1080. The van der Waals surface area contributed by atoms with Gasteiger partial charge in [0.2, 0.25) is 10.0 Å². The van der Waals surface area contributed by atoms with Crippen molar-refractivity contribution in [3.8, 4) is 5.75 Å². The highest BCUT2D eigenvalue weighted by Crippen LogP contribution is 2.21. The number of sulfonamides is 1. The van der Waals surface area contributed by atoms with E-state index in [4.69, 9.17) is 17.0 Å². The summed E-state index contributed by atoms with van der Waals surface area (Å²) >= 11 is 5.26. The maximum absolute atomic E-state index is 12.6. The largest absolute Gasteiger partial charge is 0.494 e. The Morgan fingerprint density at radius 3 is 2.28 bits per heavy atom. The number of anilines is 1. The number of nitrogens with one attached hydrogen (secondary N) is 3. The van der Waals surface area contributed by atoms with Gasteiger partial charge in [0.25, 0.3) is 5.91 Å². The average Bonchev–Trinajstić information content (AvgIpc) is 2.87. The number of benzene rings is 2. The summed E-state index contributed by atoms with van der Waals surface area (Å²) in [6, 6.07) is 13.3. The Labute approximate surface area is 220 Å². The zero-order valence-electron chi connectivity index (χ0n) is 20.9. The smallest absolute Gasteiger partial charge is 0.257 e. The van der Waals surface area contributed by atoms with Gasteiger partial charge in [-0.2, -0.15) is 0 Å². The zero-order chi connectivity index (χ0) is 25.8. The van der Waals surface area contributed by atoms with Crippen LogP contribution in [0.5, 0.6) is 5.75 Å². The summed E-state index contributed by atoms with van der Waals surface area (Å²) in [7, 11) is -3.57. The lowest BCUT2D eigenvalue weighted by atomic mass is 9.96. The van der Waals surface area contributed by atoms with Gasteiger partial charge in [0.1, 0.15) is 5.75 Å². The van der Waals surface area contributed by atoms with Gasteiger partial charge in [0.05, 0.1) is 11.5 Å². The van der Waals surface area contributed by atoms with E-state index in [1.807, 2.05) is 0 Å². The van der Waals surface area contributed by atoms with Gasteiger partial charge in [-0.1, -0.05) is 51.9 Å². The second-order valence-corrected chi connectivity index (χ2v) is 11.3. The first-order valence-corrected chi connectivity index (χ1v) is 14.7. The van der Waals surface area contributed by atoms with Crippen LogP contribution in [0, 0.1) is 0 Å². The second kappa shape index (κ2) is 14.3. The minimum Gasteiger partial charge on any atom is -0.494 e. The standard InChI is InChI=1S/C27H37N3O4S2/c1-2-3-4-5-9-20-34-24-16-12-21(13-17-24)26(31)29-27(35)28-22-14-18-25(19-15-22)36(32,33)30-23-10-7-6-8-11-23/h12-19,23,30H,2-11,20H2,1H3,(H2,28,29,31,35). The van der Waals surface area contributed by atoms with E-state index in [-0.39, 0.29) is 22.0 Å². The number of hydrogen-bond donors (Lipinski definition) is 3. The summed E-state index contributed by atoms with van der Waals surface area (Å²) in [6.07, 6.45) is 10.9. The molecular weight excluding hydrogens is 494 g/mol. The fraction of sp³-hybridized carbons (Fsp3) is 0.481. The minimum absolute atomic E-state index is 0.000481. The molecule has 7 nitrogen and oxygen atoms in total. The van der Waals surface area contributed by atoms with Crippen LogP contribution >= 0.6 is 12.2 Å². The van der Waals surface area contributed by atoms with Crippen molar-refractivity contribution in [1.82, 2.24) is 10.0 Å². The molecule has 0 unspecified atom stereocenters. The van der Waals surface area contributed by atoms with Crippen LogP contribution in [0.25, 0.3) is 0 Å². The summed E-state index contributed by atoms with van der Waals surface area (Å²) in [5.74, 6) is 0.394. The highest BCUT2D eigenvalue weighted by Gasteiger charge is 2.21. The molecule has 0 spiro atoms. The molecule has 0 heterocycles. The van der Waals surface area contributed by atoms with Crippen molar-refractivity contribution in [3.05, 3.63) is 54.1 Å². The molecule has 0 radical (unpaired) electrons. The van der Waals surface area contributed by atoms with Gasteiger partial charge in [-0.3, -0.25) is 10.1 Å². The minimum atomic E-state index is -3.57. The molecule has 0 saturated heterocycles. The Morgan fingerprint density at radius 1 is 0.944 bits per heavy atom. The summed E-state index contributed by atoms with van der Waals surface area (Å²) in [5, 5.41) is 5.70. The normalized spacial score (nSPS) is 14.2. The second-order valence-electron chi connectivity index (χ2n) is 9.18. The lowest BCUT2D eigenvalue weighted by Gasteiger charge is -2.22. The van der Waals surface area contributed by atoms with Gasteiger partial charge in [-0.25, -0.2) is 13.1 Å². The van der Waals surface area contributed by atoms with E-state index < -0.39 is 10.0 Å². The topological polar surface area (TPSA) is 96.5 Å². The summed E-state index contributed by atoms with van der Waals surface area (Å²) < 4.78 is 33.8. The van der Waals surface area contributed by atoms with Gasteiger partial charge in [-0.15, -0.1) is 0 Å². The molecule has 3 rings (SSSR count). The Morgan fingerprint density at radius 2 is 1.61 bits per heavy atom. The van der Waals surface area contributed by atoms with Crippen molar-refractivity contribution in [2.24, 2.45) is 0 Å². The Hall–Kier alpha value is -2.49. The molecule has 1 fully saturated rings. The molecule has 0 bridgehead atoms. The third kappa shape index (κ3) is 9.19. The number of carbonyl (C=O) groups excluding carboxylic acids is 1. The quantitative estimate of drug-likeness (QED) is 0.238. The third-order valence-corrected chi connectivity index (χ3v) is 7.95. The fourth-order valence-electron chi connectivity index (χ4n) is 4.16. The van der Waals surface area contributed by atoms with Crippen LogP contribution in [0.15, 0.2) is 53.4 Å². The van der Waals surface area contributed by atoms with Crippen molar-refractivity contribution in [2.45, 2.75) is 82.1 Å². The number of carbonyl (C=O) groups is 1. The van der Waals surface area contributed by atoms with E-state index >= 15 is 0 Å². The van der Waals surface area contributed by atoms with Crippen molar-refractivity contribution in [2.75, 3.05) is 11.9 Å². The van der Waals surface area contributed by atoms with E-state index in [1.54, 1.807) is 36.4 Å². The average molecular weight is 532 g/mol. The first kappa shape index (κ1) is 28.1. The van der Waals surface area contributed by atoms with Gasteiger partial charge < -0.3 is 10.1 Å². The maximum Gasteiger partial charge on any atom is 0.257 e. The van der Waals surface area contributed by atoms with Crippen LogP contribution < -0.4 is 20.1 Å². The van der Waals surface area contributed by atoms with Gasteiger partial charge >= 0.3 is 0 Å². The summed E-state index contributed by atoms with van der Waals surface area (Å²) in [4.78, 5) is 12.7. The SMILES string of the molecule is CCCCCCCOc1ccc(C(=O)NC(=S)Nc2ccc(S(=O)(=O)NC3CCCCC3)cc2)cc1. The van der Waals surface area contributed by atoms with Crippen molar-refractivity contribution < 1.29 is 17.9 Å². The zero-order valence-corrected chi connectivity index (χ0v) is 22.6. The van der Waals surface area contributed by atoms with Gasteiger partial charge in [0.15, 0.2) is 5.11 Å². The Kier molecular flexibility index (Phi) is 11.2. The highest BCUT2D eigenvalue weighted by atomic mass is 32.2. The van der Waals surface area contributed by atoms with Crippen LogP contribution in [-0.2, 0) is 10.0 Å². The summed E-state index contributed by atoms with van der Waals surface area (Å²) in [6.45, 7) is 2.86. The van der Waals surface area contributed by atoms with Crippen LogP contribution in [0.4, 0.5) is 5.69 Å². The molecule has 1 aliphatic carbocycles. The first-order valence-electron chi connectivity index (χ1n) is 12.8. The molecule has 1 aliphatic rings. The number of thiocarbonyl (C=S) groups is 1. The first-order chi connectivity index (χ1) is 17.4. The lowest BCUT2D eigenvalue weighted by molar-refractivity contribution is 0.0977. The van der Waals surface area contributed by atoms with Gasteiger partial charge in [-0.05, 0) is 80.0 Å². The van der Waals surface area contributed by atoms with Crippen LogP contribution in [0.1, 0.15) is 81.5 Å². The monoisotopic (exact) mass is 531 g/mol. The number of amides is 1. The molecule has 1 amide bonds. The molecule has 0 aromatic heterocycles. The molecule has 2 aromatic rings. The van der Waals surface area contributed by atoms with Crippen molar-refractivity contribution in [3.63, 3.8) is 0 Å². The lowest BCUT2D eigenvalue weighted by Crippen LogP contribution is -2.36. The highest BCUT2D eigenvalue weighted by molar-refractivity contribution is 7.89. The molecule has 36 heavy (non-hydrogen) atoms. The number of ether oxygens (including phenoxy) is 1. The fourth-order valence-corrected chi connectivity index (χ4v) is 5.68. The van der Waals surface area contributed by atoms with Crippen LogP contribution in [-0.4, -0.2) is 32.1 Å².